The number of rotatable bonds is 5. The Kier molecular flexibility index (Phi) is 6.34. The number of hydrogen-bond acceptors (Lipinski definition) is 4. The summed E-state index contributed by atoms with van der Waals surface area (Å²) < 4.78 is 34.3. The van der Waals surface area contributed by atoms with Crippen LogP contribution >= 0.6 is 11.8 Å². The van der Waals surface area contributed by atoms with Crippen molar-refractivity contribution in [3.8, 4) is 11.5 Å². The zero-order valence-corrected chi connectivity index (χ0v) is 15.5. The molecule has 27 heavy (non-hydrogen) atoms. The molecule has 0 saturated carbocycles. The molecule has 0 N–H and O–H groups in total. The van der Waals surface area contributed by atoms with Gasteiger partial charge in [-0.2, -0.15) is 8.78 Å². The summed E-state index contributed by atoms with van der Waals surface area (Å²) in [5.74, 6) is 0.973. The first-order valence-electron chi connectivity index (χ1n) is 8.43. The van der Waals surface area contributed by atoms with Gasteiger partial charge in [-0.25, -0.2) is 0 Å². The first kappa shape index (κ1) is 19.2. The van der Waals surface area contributed by atoms with Crippen molar-refractivity contribution in [2.24, 2.45) is 0 Å². The number of alkyl halides is 2. The number of carbonyl (C=O) groups excluding carboxylic acids is 1. The standard InChI is InChI=1S/C20H19F2NO3S/c1-25-17-13-14(7-9-16(17)26-20(21)22)8-10-19(24)23-11-4-12-27-18-6-3-2-5-15(18)23/h2-3,5-10,13,20H,4,11-12H2,1H3/b10-8+. The zero-order chi connectivity index (χ0) is 19.2. The van der Waals surface area contributed by atoms with Crippen LogP contribution in [0.25, 0.3) is 6.08 Å². The van der Waals surface area contributed by atoms with Crippen molar-refractivity contribution in [2.45, 2.75) is 17.9 Å². The lowest BCUT2D eigenvalue weighted by molar-refractivity contribution is -0.114. The normalized spacial score (nSPS) is 14.1. The fourth-order valence-corrected chi connectivity index (χ4v) is 3.79. The number of ether oxygens (including phenoxy) is 2. The van der Waals surface area contributed by atoms with Crippen molar-refractivity contribution in [3.63, 3.8) is 0 Å². The summed E-state index contributed by atoms with van der Waals surface area (Å²) in [6.07, 6.45) is 4.03. The van der Waals surface area contributed by atoms with Crippen molar-refractivity contribution in [1.29, 1.82) is 0 Å². The number of hydrogen-bond donors (Lipinski definition) is 0. The van der Waals surface area contributed by atoms with Gasteiger partial charge in [0.25, 0.3) is 5.91 Å². The van der Waals surface area contributed by atoms with E-state index < -0.39 is 6.61 Å². The predicted octanol–water partition coefficient (Wildman–Crippen LogP) is 4.84. The van der Waals surface area contributed by atoms with Crippen LogP contribution in [0.1, 0.15) is 12.0 Å². The van der Waals surface area contributed by atoms with Crippen molar-refractivity contribution in [1.82, 2.24) is 0 Å². The Balaban J connectivity index is 1.79. The van der Waals surface area contributed by atoms with Crippen molar-refractivity contribution >= 4 is 29.4 Å². The average Bonchev–Trinajstić information content (AvgIpc) is 2.89. The summed E-state index contributed by atoms with van der Waals surface area (Å²) in [5.41, 5.74) is 1.56. The van der Waals surface area contributed by atoms with Gasteiger partial charge in [0.1, 0.15) is 0 Å². The van der Waals surface area contributed by atoms with Crippen LogP contribution in [-0.4, -0.2) is 31.9 Å². The van der Waals surface area contributed by atoms with E-state index in [9.17, 15) is 13.6 Å². The lowest BCUT2D eigenvalue weighted by Gasteiger charge is -2.20. The van der Waals surface area contributed by atoms with Crippen LogP contribution in [0.4, 0.5) is 14.5 Å². The molecular formula is C20H19F2NO3S. The molecule has 1 heterocycles. The molecule has 1 amide bonds. The third kappa shape index (κ3) is 4.80. The highest BCUT2D eigenvalue weighted by molar-refractivity contribution is 7.99. The van der Waals surface area contributed by atoms with Crippen LogP contribution in [-0.2, 0) is 4.79 Å². The molecule has 0 fully saturated rings. The van der Waals surface area contributed by atoms with E-state index in [0.717, 1.165) is 22.8 Å². The van der Waals surface area contributed by atoms with Crippen LogP contribution < -0.4 is 14.4 Å². The zero-order valence-electron chi connectivity index (χ0n) is 14.7. The number of methoxy groups -OCH3 is 1. The number of carbonyl (C=O) groups is 1. The number of nitrogens with zero attached hydrogens (tertiary/aromatic N) is 1. The first-order valence-corrected chi connectivity index (χ1v) is 9.41. The van der Waals surface area contributed by atoms with E-state index in [0.29, 0.717) is 12.1 Å². The smallest absolute Gasteiger partial charge is 0.387 e. The third-order valence-corrected chi connectivity index (χ3v) is 5.18. The number of benzene rings is 2. The molecule has 2 aromatic rings. The van der Waals surface area contributed by atoms with Gasteiger partial charge in [-0.1, -0.05) is 18.2 Å². The molecule has 142 valence electrons. The van der Waals surface area contributed by atoms with Gasteiger partial charge in [0.15, 0.2) is 11.5 Å². The molecule has 0 aromatic heterocycles. The fraction of sp³-hybridized carbons (Fsp3) is 0.250. The van der Waals surface area contributed by atoms with Crippen molar-refractivity contribution < 1.29 is 23.0 Å². The Hall–Kier alpha value is -2.54. The van der Waals surface area contributed by atoms with E-state index in [1.807, 2.05) is 24.3 Å². The number of halogens is 2. The van der Waals surface area contributed by atoms with Gasteiger partial charge in [0.05, 0.1) is 12.8 Å². The summed E-state index contributed by atoms with van der Waals surface area (Å²) in [5, 5.41) is 0. The maximum absolute atomic E-state index is 12.7. The average molecular weight is 391 g/mol. The molecule has 3 rings (SSSR count). The van der Waals surface area contributed by atoms with Crippen LogP contribution in [0.3, 0.4) is 0 Å². The molecule has 2 aromatic carbocycles. The quantitative estimate of drug-likeness (QED) is 0.684. The lowest BCUT2D eigenvalue weighted by atomic mass is 10.1. The van der Waals surface area contributed by atoms with Crippen molar-refractivity contribution in [3.05, 3.63) is 54.1 Å². The number of thioether (sulfide) groups is 1. The molecule has 4 nitrogen and oxygen atoms in total. The highest BCUT2D eigenvalue weighted by Gasteiger charge is 2.19. The summed E-state index contributed by atoms with van der Waals surface area (Å²) in [4.78, 5) is 15.6. The van der Waals surface area contributed by atoms with Gasteiger partial charge >= 0.3 is 6.61 Å². The molecule has 1 aliphatic rings. The summed E-state index contributed by atoms with van der Waals surface area (Å²) in [6.45, 7) is -2.28. The summed E-state index contributed by atoms with van der Waals surface area (Å²) >= 11 is 1.75. The Bertz CT molecular complexity index is 842. The van der Waals surface area contributed by atoms with E-state index in [-0.39, 0.29) is 17.4 Å². The van der Waals surface area contributed by atoms with Crippen LogP contribution in [0, 0.1) is 0 Å². The SMILES string of the molecule is COc1cc(/C=C/C(=O)N2CCCSc3ccccc32)ccc1OC(F)F. The highest BCUT2D eigenvalue weighted by atomic mass is 32.2. The Morgan fingerprint density at radius 3 is 2.81 bits per heavy atom. The van der Waals surface area contributed by atoms with Gasteiger partial charge in [-0.15, -0.1) is 11.8 Å². The fourth-order valence-electron chi connectivity index (χ4n) is 2.80. The maximum atomic E-state index is 12.7. The van der Waals surface area contributed by atoms with Gasteiger partial charge in [0, 0.05) is 17.5 Å². The predicted molar refractivity (Wildman–Crippen MR) is 103 cm³/mol. The second-order valence-corrected chi connectivity index (χ2v) is 6.92. The van der Waals surface area contributed by atoms with E-state index in [1.165, 1.54) is 19.3 Å². The van der Waals surface area contributed by atoms with Gasteiger partial charge < -0.3 is 14.4 Å². The molecular weight excluding hydrogens is 372 g/mol. The molecule has 0 unspecified atom stereocenters. The molecule has 1 aliphatic heterocycles. The summed E-state index contributed by atoms with van der Waals surface area (Å²) in [7, 11) is 1.37. The third-order valence-electron chi connectivity index (χ3n) is 4.03. The van der Waals surface area contributed by atoms with E-state index in [4.69, 9.17) is 4.74 Å². The number of fused-ring (bicyclic) bond motifs is 1. The van der Waals surface area contributed by atoms with Crippen molar-refractivity contribution in [2.75, 3.05) is 24.3 Å². The van der Waals surface area contributed by atoms with E-state index in [2.05, 4.69) is 4.74 Å². The number of anilines is 1. The minimum Gasteiger partial charge on any atom is -0.493 e. The van der Waals surface area contributed by atoms with E-state index >= 15 is 0 Å². The molecule has 0 atom stereocenters. The number of para-hydroxylation sites is 1. The topological polar surface area (TPSA) is 38.8 Å². The highest BCUT2D eigenvalue weighted by Crippen LogP contribution is 2.34. The van der Waals surface area contributed by atoms with Crippen LogP contribution in [0.5, 0.6) is 11.5 Å². The van der Waals surface area contributed by atoms with Gasteiger partial charge in [0.2, 0.25) is 0 Å². The summed E-state index contributed by atoms with van der Waals surface area (Å²) in [6, 6.07) is 12.4. The maximum Gasteiger partial charge on any atom is 0.387 e. The largest absolute Gasteiger partial charge is 0.493 e. The Labute approximate surface area is 160 Å². The lowest BCUT2D eigenvalue weighted by Crippen LogP contribution is -2.30. The molecule has 0 bridgehead atoms. The molecule has 7 heteroatoms. The number of amides is 1. The Morgan fingerprint density at radius 2 is 2.04 bits per heavy atom. The van der Waals surface area contributed by atoms with Crippen LogP contribution in [0.2, 0.25) is 0 Å². The molecule has 0 saturated heterocycles. The second kappa shape index (κ2) is 8.90. The van der Waals surface area contributed by atoms with Crippen LogP contribution in [0.15, 0.2) is 53.4 Å². The molecule has 0 spiro atoms. The van der Waals surface area contributed by atoms with Gasteiger partial charge in [-0.05, 0) is 48.1 Å². The minimum absolute atomic E-state index is 0.0468. The first-order chi connectivity index (χ1) is 13.1. The molecule has 0 aliphatic carbocycles. The Morgan fingerprint density at radius 1 is 1.22 bits per heavy atom. The van der Waals surface area contributed by atoms with Gasteiger partial charge in [-0.3, -0.25) is 4.79 Å². The minimum atomic E-state index is -2.93. The monoisotopic (exact) mass is 391 g/mol. The molecule has 0 radical (unpaired) electrons. The second-order valence-electron chi connectivity index (χ2n) is 5.78. The van der Waals surface area contributed by atoms with E-state index in [1.54, 1.807) is 34.9 Å².